The van der Waals surface area contributed by atoms with Crippen molar-refractivity contribution in [1.29, 1.82) is 0 Å². The van der Waals surface area contributed by atoms with Crippen LogP contribution in [0.2, 0.25) is 0 Å². The highest BCUT2D eigenvalue weighted by atomic mass is 79.9. The van der Waals surface area contributed by atoms with Gasteiger partial charge in [0.1, 0.15) is 5.52 Å². The number of nitrogens with two attached hydrogens (primary N) is 1. The molecule has 0 amide bonds. The van der Waals surface area contributed by atoms with Gasteiger partial charge in [0.05, 0.1) is 11.4 Å². The minimum Gasteiger partial charge on any atom is -0.369 e. The van der Waals surface area contributed by atoms with Crippen molar-refractivity contribution >= 4 is 33.0 Å². The standard InChI is InChI=1S/C14H16BrN5/c1-4-11-12-13(19(3)18-11)20(14(16)17-12)10-6-8(2)5-9(15)7-10/h5-7H,4H2,1-3H3,(H2,16,17). The number of imidazole rings is 1. The van der Waals surface area contributed by atoms with Crippen molar-refractivity contribution in [2.24, 2.45) is 7.05 Å². The summed E-state index contributed by atoms with van der Waals surface area (Å²) >= 11 is 3.53. The molecule has 0 fully saturated rings. The fourth-order valence-electron chi connectivity index (χ4n) is 2.54. The zero-order chi connectivity index (χ0) is 14.4. The van der Waals surface area contributed by atoms with Crippen molar-refractivity contribution in [2.75, 3.05) is 5.73 Å². The summed E-state index contributed by atoms with van der Waals surface area (Å²) in [5.74, 6) is 0.486. The first-order valence-electron chi connectivity index (χ1n) is 6.48. The summed E-state index contributed by atoms with van der Waals surface area (Å²) in [6.45, 7) is 4.12. The smallest absolute Gasteiger partial charge is 0.207 e. The van der Waals surface area contributed by atoms with Crippen LogP contribution in [-0.4, -0.2) is 19.3 Å². The van der Waals surface area contributed by atoms with E-state index in [1.165, 1.54) is 0 Å². The first kappa shape index (κ1) is 13.2. The van der Waals surface area contributed by atoms with Gasteiger partial charge in [0, 0.05) is 11.5 Å². The lowest BCUT2D eigenvalue weighted by molar-refractivity contribution is 0.751. The number of hydrogen-bond donors (Lipinski definition) is 1. The molecule has 1 aromatic carbocycles. The monoisotopic (exact) mass is 333 g/mol. The fourth-order valence-corrected chi connectivity index (χ4v) is 3.13. The van der Waals surface area contributed by atoms with E-state index in [2.05, 4.69) is 52.0 Å². The van der Waals surface area contributed by atoms with E-state index in [9.17, 15) is 0 Å². The largest absolute Gasteiger partial charge is 0.369 e. The Morgan fingerprint density at radius 1 is 1.30 bits per heavy atom. The van der Waals surface area contributed by atoms with E-state index in [0.29, 0.717) is 5.95 Å². The number of aromatic nitrogens is 4. The molecule has 104 valence electrons. The lowest BCUT2D eigenvalue weighted by Crippen LogP contribution is -2.05. The number of halogens is 1. The van der Waals surface area contributed by atoms with E-state index >= 15 is 0 Å². The molecule has 0 aliphatic rings. The number of aryl methyl sites for hydroxylation is 3. The fraction of sp³-hybridized carbons (Fsp3) is 0.286. The Kier molecular flexibility index (Phi) is 3.05. The third kappa shape index (κ3) is 1.91. The van der Waals surface area contributed by atoms with Gasteiger partial charge in [0.2, 0.25) is 5.95 Å². The summed E-state index contributed by atoms with van der Waals surface area (Å²) in [5.41, 5.74) is 11.0. The summed E-state index contributed by atoms with van der Waals surface area (Å²) in [7, 11) is 1.92. The van der Waals surface area contributed by atoms with Gasteiger partial charge in [0.15, 0.2) is 5.65 Å². The third-order valence-electron chi connectivity index (χ3n) is 3.35. The second-order valence-electron chi connectivity index (χ2n) is 4.89. The minimum absolute atomic E-state index is 0.486. The summed E-state index contributed by atoms with van der Waals surface area (Å²) < 4.78 is 4.80. The molecule has 0 aliphatic carbocycles. The summed E-state index contributed by atoms with van der Waals surface area (Å²) in [4.78, 5) is 4.48. The minimum atomic E-state index is 0.486. The SMILES string of the molecule is CCc1nn(C)c2c1nc(N)n2-c1cc(C)cc(Br)c1. The lowest BCUT2D eigenvalue weighted by atomic mass is 10.2. The molecule has 0 radical (unpaired) electrons. The Bertz CT molecular complexity index is 779. The summed E-state index contributed by atoms with van der Waals surface area (Å²) in [6.07, 6.45) is 0.839. The van der Waals surface area contributed by atoms with Crippen LogP contribution in [0.4, 0.5) is 5.95 Å². The Morgan fingerprint density at radius 2 is 2.05 bits per heavy atom. The van der Waals surface area contributed by atoms with Gasteiger partial charge in [-0.05, 0) is 37.1 Å². The molecule has 0 saturated carbocycles. The maximum absolute atomic E-state index is 6.12. The number of anilines is 1. The van der Waals surface area contributed by atoms with Crippen LogP contribution in [0.5, 0.6) is 0 Å². The van der Waals surface area contributed by atoms with Gasteiger partial charge in [-0.1, -0.05) is 22.9 Å². The van der Waals surface area contributed by atoms with E-state index < -0.39 is 0 Å². The zero-order valence-corrected chi connectivity index (χ0v) is 13.3. The Hall–Kier alpha value is -1.82. The van der Waals surface area contributed by atoms with Crippen molar-refractivity contribution in [3.8, 4) is 5.69 Å². The van der Waals surface area contributed by atoms with E-state index in [4.69, 9.17) is 5.73 Å². The molecule has 2 heterocycles. The van der Waals surface area contributed by atoms with Gasteiger partial charge in [-0.15, -0.1) is 0 Å². The molecule has 0 unspecified atom stereocenters. The van der Waals surface area contributed by atoms with Crippen LogP contribution in [0.1, 0.15) is 18.2 Å². The quantitative estimate of drug-likeness (QED) is 0.784. The lowest BCUT2D eigenvalue weighted by Gasteiger charge is -2.08. The number of fused-ring (bicyclic) bond motifs is 1. The number of hydrogen-bond acceptors (Lipinski definition) is 3. The van der Waals surface area contributed by atoms with Crippen LogP contribution >= 0.6 is 15.9 Å². The second kappa shape index (κ2) is 4.63. The highest BCUT2D eigenvalue weighted by Crippen LogP contribution is 2.27. The number of rotatable bonds is 2. The van der Waals surface area contributed by atoms with Crippen LogP contribution in [0.15, 0.2) is 22.7 Å². The van der Waals surface area contributed by atoms with Gasteiger partial charge >= 0.3 is 0 Å². The maximum Gasteiger partial charge on any atom is 0.207 e. The summed E-state index contributed by atoms with van der Waals surface area (Å²) in [6, 6.07) is 6.18. The highest BCUT2D eigenvalue weighted by Gasteiger charge is 2.18. The molecule has 20 heavy (non-hydrogen) atoms. The molecule has 6 heteroatoms. The van der Waals surface area contributed by atoms with Crippen molar-refractivity contribution in [2.45, 2.75) is 20.3 Å². The first-order chi connectivity index (χ1) is 9.51. The number of benzene rings is 1. The van der Waals surface area contributed by atoms with Gasteiger partial charge < -0.3 is 5.73 Å². The van der Waals surface area contributed by atoms with E-state index in [-0.39, 0.29) is 0 Å². The van der Waals surface area contributed by atoms with Crippen LogP contribution in [0, 0.1) is 6.92 Å². The van der Waals surface area contributed by atoms with Crippen LogP contribution in [-0.2, 0) is 13.5 Å². The molecular weight excluding hydrogens is 318 g/mol. The number of nitrogen functional groups attached to an aromatic ring is 1. The zero-order valence-electron chi connectivity index (χ0n) is 11.7. The molecule has 0 spiro atoms. The second-order valence-corrected chi connectivity index (χ2v) is 5.80. The molecule has 0 saturated heterocycles. The molecule has 2 N–H and O–H groups in total. The highest BCUT2D eigenvalue weighted by molar-refractivity contribution is 9.10. The molecular formula is C14H16BrN5. The predicted molar refractivity (Wildman–Crippen MR) is 84.1 cm³/mol. The van der Waals surface area contributed by atoms with E-state index in [1.54, 1.807) is 0 Å². The maximum atomic E-state index is 6.12. The Labute approximate surface area is 125 Å². The van der Waals surface area contributed by atoms with E-state index in [0.717, 1.165) is 39.0 Å². The average molecular weight is 334 g/mol. The molecule has 5 nitrogen and oxygen atoms in total. The summed E-state index contributed by atoms with van der Waals surface area (Å²) in [5, 5.41) is 4.51. The number of nitrogens with zero attached hydrogens (tertiary/aromatic N) is 4. The van der Waals surface area contributed by atoms with Gasteiger partial charge in [0.25, 0.3) is 0 Å². The first-order valence-corrected chi connectivity index (χ1v) is 7.28. The normalized spacial score (nSPS) is 11.4. The third-order valence-corrected chi connectivity index (χ3v) is 3.81. The molecule has 0 bridgehead atoms. The van der Waals surface area contributed by atoms with Crippen molar-refractivity contribution in [1.82, 2.24) is 19.3 Å². The van der Waals surface area contributed by atoms with Crippen LogP contribution < -0.4 is 5.73 Å². The Balaban J connectivity index is 2.35. The molecule has 3 aromatic rings. The van der Waals surface area contributed by atoms with Crippen LogP contribution in [0.25, 0.3) is 16.9 Å². The topological polar surface area (TPSA) is 61.7 Å². The van der Waals surface area contributed by atoms with Gasteiger partial charge in [-0.2, -0.15) is 5.10 Å². The van der Waals surface area contributed by atoms with Crippen molar-refractivity contribution in [3.63, 3.8) is 0 Å². The van der Waals surface area contributed by atoms with Crippen molar-refractivity contribution < 1.29 is 0 Å². The predicted octanol–water partition coefficient (Wildman–Crippen LogP) is 2.97. The van der Waals surface area contributed by atoms with E-state index in [1.807, 2.05) is 22.4 Å². The van der Waals surface area contributed by atoms with Gasteiger partial charge in [-0.25, -0.2) is 9.67 Å². The van der Waals surface area contributed by atoms with Crippen molar-refractivity contribution in [3.05, 3.63) is 33.9 Å². The van der Waals surface area contributed by atoms with Crippen LogP contribution in [0.3, 0.4) is 0 Å². The molecule has 0 aliphatic heterocycles. The Morgan fingerprint density at radius 3 is 2.70 bits per heavy atom. The molecule has 0 atom stereocenters. The average Bonchev–Trinajstić information content (AvgIpc) is 2.85. The van der Waals surface area contributed by atoms with Gasteiger partial charge in [-0.3, -0.25) is 4.57 Å². The molecule has 2 aromatic heterocycles. The molecule has 3 rings (SSSR count).